The number of H-pyrrole nitrogens is 1. The molecule has 0 bridgehead atoms. The summed E-state index contributed by atoms with van der Waals surface area (Å²) in [6, 6.07) is 6.40. The Labute approximate surface area is 115 Å². The van der Waals surface area contributed by atoms with Gasteiger partial charge >= 0.3 is 0 Å². The Hall–Kier alpha value is -1.40. The van der Waals surface area contributed by atoms with Crippen LogP contribution in [0.4, 0.5) is 0 Å². The summed E-state index contributed by atoms with van der Waals surface area (Å²) in [5.41, 5.74) is 0. The van der Waals surface area contributed by atoms with E-state index in [1.54, 1.807) is 18.2 Å². The Balaban J connectivity index is 1.86. The molecule has 0 saturated heterocycles. The SMILES string of the molecule is O=S(=O)(Cc1nc(C2CC2)n[nH]1)c1ccccc1Cl. The standard InChI is InChI=1S/C12H12ClN3O2S/c13-9-3-1-2-4-10(9)19(17,18)7-11-14-12(16-15-11)8-5-6-8/h1-4,8H,5-7H2,(H,14,15,16). The second kappa shape index (κ2) is 4.61. The van der Waals surface area contributed by atoms with Gasteiger partial charge in [-0.05, 0) is 25.0 Å². The average Bonchev–Trinajstić information content (AvgIpc) is 3.11. The molecule has 0 radical (unpaired) electrons. The Morgan fingerprint density at radius 3 is 2.74 bits per heavy atom. The number of halogens is 1. The Morgan fingerprint density at radius 2 is 2.05 bits per heavy atom. The van der Waals surface area contributed by atoms with E-state index >= 15 is 0 Å². The van der Waals surface area contributed by atoms with E-state index < -0.39 is 9.84 Å². The third-order valence-electron chi connectivity index (χ3n) is 2.99. The molecule has 19 heavy (non-hydrogen) atoms. The molecule has 0 aliphatic heterocycles. The van der Waals surface area contributed by atoms with Crippen LogP contribution in [0.1, 0.15) is 30.4 Å². The minimum atomic E-state index is -3.50. The maximum atomic E-state index is 12.2. The first-order valence-electron chi connectivity index (χ1n) is 5.95. The topological polar surface area (TPSA) is 75.7 Å². The minimum Gasteiger partial charge on any atom is -0.262 e. The van der Waals surface area contributed by atoms with Crippen LogP contribution in [0.2, 0.25) is 5.02 Å². The molecular formula is C12H12ClN3O2S. The van der Waals surface area contributed by atoms with Crippen LogP contribution in [-0.2, 0) is 15.6 Å². The maximum Gasteiger partial charge on any atom is 0.187 e. The van der Waals surface area contributed by atoms with Crippen molar-refractivity contribution >= 4 is 21.4 Å². The molecule has 5 nitrogen and oxygen atoms in total. The normalized spacial score (nSPS) is 15.6. The van der Waals surface area contributed by atoms with E-state index in [0.29, 0.717) is 17.6 Å². The lowest BCUT2D eigenvalue weighted by Gasteiger charge is -2.03. The molecule has 7 heteroatoms. The molecule has 2 aromatic rings. The highest BCUT2D eigenvalue weighted by atomic mass is 35.5. The van der Waals surface area contributed by atoms with Crippen LogP contribution in [0.3, 0.4) is 0 Å². The number of nitrogens with zero attached hydrogens (tertiary/aromatic N) is 2. The van der Waals surface area contributed by atoms with Gasteiger partial charge < -0.3 is 0 Å². The van der Waals surface area contributed by atoms with Gasteiger partial charge in [0.2, 0.25) is 0 Å². The maximum absolute atomic E-state index is 12.2. The lowest BCUT2D eigenvalue weighted by Crippen LogP contribution is -2.07. The summed E-state index contributed by atoms with van der Waals surface area (Å²) in [4.78, 5) is 4.35. The van der Waals surface area contributed by atoms with Crippen molar-refractivity contribution in [3.05, 3.63) is 40.9 Å². The number of benzene rings is 1. The van der Waals surface area contributed by atoms with Crippen LogP contribution < -0.4 is 0 Å². The summed E-state index contributed by atoms with van der Waals surface area (Å²) in [5.74, 6) is 1.26. The quantitative estimate of drug-likeness (QED) is 0.939. The fraction of sp³-hybridized carbons (Fsp3) is 0.333. The fourth-order valence-corrected chi connectivity index (χ4v) is 3.64. The second-order valence-electron chi connectivity index (χ2n) is 4.60. The van der Waals surface area contributed by atoms with Gasteiger partial charge in [0, 0.05) is 5.92 Å². The number of nitrogens with one attached hydrogen (secondary N) is 1. The molecule has 1 saturated carbocycles. The first-order valence-corrected chi connectivity index (χ1v) is 7.98. The van der Waals surface area contributed by atoms with Crippen molar-refractivity contribution in [3.63, 3.8) is 0 Å². The lowest BCUT2D eigenvalue weighted by molar-refractivity contribution is 0.594. The van der Waals surface area contributed by atoms with Crippen molar-refractivity contribution in [1.29, 1.82) is 0 Å². The predicted molar refractivity (Wildman–Crippen MR) is 70.7 cm³/mol. The van der Waals surface area contributed by atoms with Crippen molar-refractivity contribution in [2.75, 3.05) is 0 Å². The van der Waals surface area contributed by atoms with E-state index in [2.05, 4.69) is 15.2 Å². The molecule has 1 aromatic heterocycles. The smallest absolute Gasteiger partial charge is 0.187 e. The summed E-state index contributed by atoms with van der Waals surface area (Å²) in [6.45, 7) is 0. The van der Waals surface area contributed by atoms with E-state index in [9.17, 15) is 8.42 Å². The Kier molecular flexibility index (Phi) is 3.06. The lowest BCUT2D eigenvalue weighted by atomic mass is 10.4. The first kappa shape index (κ1) is 12.6. The zero-order valence-corrected chi connectivity index (χ0v) is 11.6. The zero-order valence-electron chi connectivity index (χ0n) is 10.0. The molecule has 1 N–H and O–H groups in total. The Bertz CT molecular complexity index is 707. The highest BCUT2D eigenvalue weighted by Gasteiger charge is 2.28. The van der Waals surface area contributed by atoms with E-state index in [4.69, 9.17) is 11.6 Å². The molecule has 1 fully saturated rings. The first-order chi connectivity index (χ1) is 9.06. The number of aromatic nitrogens is 3. The number of hydrogen-bond acceptors (Lipinski definition) is 4. The molecule has 0 atom stereocenters. The monoisotopic (exact) mass is 297 g/mol. The summed E-state index contributed by atoms with van der Waals surface area (Å²) in [5, 5.41) is 6.96. The van der Waals surface area contributed by atoms with E-state index in [1.807, 2.05) is 0 Å². The minimum absolute atomic E-state index is 0.126. The van der Waals surface area contributed by atoms with E-state index in [0.717, 1.165) is 12.8 Å². The van der Waals surface area contributed by atoms with Gasteiger partial charge in [-0.2, -0.15) is 5.10 Å². The number of rotatable bonds is 4. The van der Waals surface area contributed by atoms with Gasteiger partial charge in [0.05, 0.1) is 9.92 Å². The van der Waals surface area contributed by atoms with Crippen molar-refractivity contribution in [2.24, 2.45) is 0 Å². The van der Waals surface area contributed by atoms with Crippen molar-refractivity contribution in [2.45, 2.75) is 29.4 Å². The van der Waals surface area contributed by atoms with Gasteiger partial charge in [-0.1, -0.05) is 23.7 Å². The molecule has 1 heterocycles. The van der Waals surface area contributed by atoms with Gasteiger partial charge in [0.15, 0.2) is 15.7 Å². The Morgan fingerprint density at radius 1 is 1.32 bits per heavy atom. The average molecular weight is 298 g/mol. The highest BCUT2D eigenvalue weighted by Crippen LogP contribution is 2.37. The van der Waals surface area contributed by atoms with Crippen molar-refractivity contribution in [3.8, 4) is 0 Å². The summed E-state index contributed by atoms with van der Waals surface area (Å²) in [7, 11) is -3.50. The third-order valence-corrected chi connectivity index (χ3v) is 5.11. The number of aromatic amines is 1. The molecule has 0 unspecified atom stereocenters. The fourth-order valence-electron chi connectivity index (χ4n) is 1.85. The highest BCUT2D eigenvalue weighted by molar-refractivity contribution is 7.90. The largest absolute Gasteiger partial charge is 0.262 e. The van der Waals surface area contributed by atoms with Crippen molar-refractivity contribution in [1.82, 2.24) is 15.2 Å². The van der Waals surface area contributed by atoms with Crippen LogP contribution in [0, 0.1) is 0 Å². The van der Waals surface area contributed by atoms with Crippen LogP contribution in [-0.4, -0.2) is 23.6 Å². The van der Waals surface area contributed by atoms with Crippen LogP contribution >= 0.6 is 11.6 Å². The number of sulfone groups is 1. The molecule has 3 rings (SSSR count). The van der Waals surface area contributed by atoms with Gasteiger partial charge in [0.1, 0.15) is 11.6 Å². The molecule has 1 aliphatic rings. The van der Waals surface area contributed by atoms with Gasteiger partial charge in [-0.25, -0.2) is 13.4 Å². The van der Waals surface area contributed by atoms with Gasteiger partial charge in [0.25, 0.3) is 0 Å². The zero-order chi connectivity index (χ0) is 13.5. The molecule has 1 aromatic carbocycles. The molecular weight excluding hydrogens is 286 g/mol. The third kappa shape index (κ3) is 2.64. The van der Waals surface area contributed by atoms with Crippen molar-refractivity contribution < 1.29 is 8.42 Å². The van der Waals surface area contributed by atoms with Crippen LogP contribution in [0.15, 0.2) is 29.2 Å². The summed E-state index contributed by atoms with van der Waals surface area (Å²) < 4.78 is 24.5. The molecule has 100 valence electrons. The van der Waals surface area contributed by atoms with Gasteiger partial charge in [-0.15, -0.1) is 0 Å². The summed E-state index contributed by atoms with van der Waals surface area (Å²) >= 11 is 5.92. The summed E-state index contributed by atoms with van der Waals surface area (Å²) in [6.07, 6.45) is 2.16. The van der Waals surface area contributed by atoms with E-state index in [1.165, 1.54) is 6.07 Å². The van der Waals surface area contributed by atoms with Crippen LogP contribution in [0.5, 0.6) is 0 Å². The number of hydrogen-bond donors (Lipinski definition) is 1. The molecule has 0 spiro atoms. The van der Waals surface area contributed by atoms with Gasteiger partial charge in [-0.3, -0.25) is 5.10 Å². The molecule has 0 amide bonds. The predicted octanol–water partition coefficient (Wildman–Crippen LogP) is 2.31. The second-order valence-corrected chi connectivity index (χ2v) is 6.97. The van der Waals surface area contributed by atoms with Crippen LogP contribution in [0.25, 0.3) is 0 Å². The van der Waals surface area contributed by atoms with E-state index in [-0.39, 0.29) is 15.7 Å². The molecule has 1 aliphatic carbocycles.